The molecule has 0 heterocycles. The van der Waals surface area contributed by atoms with Crippen LogP contribution < -0.4 is 0 Å². The molecule has 2 rings (SSSR count). The Kier molecular flexibility index (Phi) is 17.9. The summed E-state index contributed by atoms with van der Waals surface area (Å²) < 4.78 is 0. The maximum Gasteiger partial charge on any atom is 2.00 e. The first kappa shape index (κ1) is 29.0. The molecule has 2 aliphatic rings. The van der Waals surface area contributed by atoms with Gasteiger partial charge in [0.15, 0.2) is 0 Å². The predicted molar refractivity (Wildman–Crippen MR) is 116 cm³/mol. The largest absolute Gasteiger partial charge is 2.00 e. The first-order chi connectivity index (χ1) is 12.4. The molecule has 0 radical (unpaired) electrons. The average molecular weight is 546 g/mol. The van der Waals surface area contributed by atoms with Crippen molar-refractivity contribution in [2.24, 2.45) is 41.4 Å². The van der Waals surface area contributed by atoms with Crippen LogP contribution in [0, 0.1) is 58.8 Å². The maximum absolute atomic E-state index is 7.50. The Balaban J connectivity index is 0. The average Bonchev–Trinajstić information content (AvgIpc) is 2.85. The molecule has 1 N–H and O–H groups in total. The second kappa shape index (κ2) is 16.7. The van der Waals surface area contributed by atoms with E-state index in [1.165, 1.54) is 38.5 Å². The molecule has 1 fully saturated rings. The van der Waals surface area contributed by atoms with Crippen molar-refractivity contribution in [3.8, 4) is 0 Å². The summed E-state index contributed by atoms with van der Waals surface area (Å²) >= 11 is 0. The van der Waals surface area contributed by atoms with Crippen LogP contribution in [0.3, 0.4) is 0 Å². The van der Waals surface area contributed by atoms with E-state index in [1.807, 2.05) is 0 Å². The third-order valence-corrected chi connectivity index (χ3v) is 7.13. The van der Waals surface area contributed by atoms with Crippen LogP contribution in [-0.4, -0.2) is 0 Å². The van der Waals surface area contributed by atoms with Crippen molar-refractivity contribution in [3.63, 3.8) is 0 Å². The van der Waals surface area contributed by atoms with Gasteiger partial charge in [0.05, 0.1) is 0 Å². The van der Waals surface area contributed by atoms with E-state index in [4.69, 9.17) is 4.91 Å². The van der Waals surface area contributed by atoms with Crippen LogP contribution in [0.1, 0.15) is 80.1 Å². The summed E-state index contributed by atoms with van der Waals surface area (Å²) in [5.41, 5.74) is 4.50. The quantitative estimate of drug-likeness (QED) is 0.266. The van der Waals surface area contributed by atoms with Crippen molar-refractivity contribution < 1.29 is 21.1 Å². The Hall–Kier alpha value is -0.232. The molecule has 0 aromatic heterocycles. The van der Waals surface area contributed by atoms with Gasteiger partial charge in [-0.2, -0.15) is 10.8 Å². The molecule has 3 heteroatoms. The summed E-state index contributed by atoms with van der Waals surface area (Å²) in [5, 5.41) is 0. The summed E-state index contributed by atoms with van der Waals surface area (Å²) in [5.74, 6) is 6.13. The second-order valence-electron chi connectivity index (χ2n) is 8.69. The predicted octanol–water partition coefficient (Wildman–Crippen LogP) is 8.05. The normalized spacial score (nSPS) is 32.4. The number of allylic oxidation sites excluding steroid dienone is 4. The van der Waals surface area contributed by atoms with Gasteiger partial charge in [-0.1, -0.05) is 97.1 Å². The van der Waals surface area contributed by atoms with Gasteiger partial charge in [0, 0.05) is 0 Å². The van der Waals surface area contributed by atoms with E-state index in [-0.39, 0.29) is 21.1 Å². The molecule has 2 atom stereocenters. The van der Waals surface area contributed by atoms with Crippen LogP contribution in [0.25, 0.3) is 0 Å². The summed E-state index contributed by atoms with van der Waals surface area (Å²) in [6.07, 6.45) is 16.7. The molecule has 156 valence electrons. The molecule has 27 heavy (non-hydrogen) atoms. The molecule has 0 aromatic rings. The van der Waals surface area contributed by atoms with E-state index in [0.29, 0.717) is 5.92 Å². The van der Waals surface area contributed by atoms with Gasteiger partial charge in [-0.3, -0.25) is 0 Å². The fourth-order valence-corrected chi connectivity index (χ4v) is 4.33. The number of rotatable bonds is 6. The van der Waals surface area contributed by atoms with Crippen LogP contribution in [-0.2, 0) is 21.1 Å². The number of nitrogens with one attached hydrogen (secondary N) is 1. The minimum Gasteiger partial charge on any atom is -0.340 e. The molecule has 1 saturated carbocycles. The van der Waals surface area contributed by atoms with E-state index < -0.39 is 0 Å². The summed E-state index contributed by atoms with van der Waals surface area (Å²) in [7, 11) is 0. The smallest absolute Gasteiger partial charge is 0.340 e. The minimum absolute atomic E-state index is 0. The Labute approximate surface area is 184 Å². The van der Waals surface area contributed by atoms with Gasteiger partial charge in [-0.15, -0.1) is 0 Å². The summed E-state index contributed by atoms with van der Waals surface area (Å²) in [6, 6.07) is 0. The first-order valence-corrected chi connectivity index (χ1v) is 10.7. The second-order valence-corrected chi connectivity index (χ2v) is 8.69. The molecular weight excluding hydrogens is 502 g/mol. The van der Waals surface area contributed by atoms with E-state index in [2.05, 4.69) is 78.4 Å². The molecule has 0 amide bonds. The topological polar surface area (TPSA) is 40.9 Å². The van der Waals surface area contributed by atoms with Crippen LogP contribution >= 0.6 is 0 Å². The van der Waals surface area contributed by atoms with Gasteiger partial charge in [0.25, 0.3) is 0 Å². The molecule has 0 bridgehead atoms. The zero-order valence-corrected chi connectivity index (χ0v) is 21.6. The molecule has 2 nitrogen and oxygen atoms in total. The van der Waals surface area contributed by atoms with Crippen molar-refractivity contribution in [1.82, 2.24) is 0 Å². The van der Waals surface area contributed by atoms with Gasteiger partial charge >= 0.3 is 21.1 Å². The molecule has 2 aliphatic carbocycles. The molecule has 0 aliphatic heterocycles. The number of hydrogen-bond acceptors (Lipinski definition) is 2. The molecule has 0 spiro atoms. The van der Waals surface area contributed by atoms with Gasteiger partial charge in [0.2, 0.25) is 0 Å². The Morgan fingerprint density at radius 1 is 0.926 bits per heavy atom. The van der Waals surface area contributed by atoms with Crippen molar-refractivity contribution >= 4 is 0 Å². The van der Waals surface area contributed by atoms with Crippen LogP contribution in [0.4, 0.5) is 0 Å². The fraction of sp³-hybridized carbons (Fsp3) is 0.792. The number of hydrogen-bond donors (Lipinski definition) is 1. The minimum atomic E-state index is 0. The van der Waals surface area contributed by atoms with E-state index in [0.717, 1.165) is 35.5 Å². The fourth-order valence-electron chi connectivity index (χ4n) is 4.33. The third kappa shape index (κ3) is 10.8. The van der Waals surface area contributed by atoms with Crippen molar-refractivity contribution in [3.05, 3.63) is 36.1 Å². The van der Waals surface area contributed by atoms with Gasteiger partial charge in [0.1, 0.15) is 0 Å². The summed E-state index contributed by atoms with van der Waals surface area (Å²) in [4.78, 5) is 7.50. The zero-order chi connectivity index (χ0) is 20.1. The monoisotopic (exact) mass is 546 g/mol. The maximum atomic E-state index is 7.50. The number of nitroso groups, excluding NO2 is 1. The third-order valence-electron chi connectivity index (χ3n) is 7.13. The van der Waals surface area contributed by atoms with E-state index in [1.54, 1.807) is 0 Å². The van der Waals surface area contributed by atoms with Crippen LogP contribution in [0.2, 0.25) is 0 Å². The van der Waals surface area contributed by atoms with Gasteiger partial charge < -0.3 is 6.92 Å². The van der Waals surface area contributed by atoms with E-state index >= 15 is 0 Å². The standard InChI is InChI=1S/C14H23.C10H20.HNO.W/c1-3-4-8-13(2)11-12-14-9-6-5-7-10-14;1-6-7(2)9(4)10(5)8(6)3;1-2;/h5-7,9,13-14H,2-4,8,10-12H2,1H3;6-10H,1-5H3;1H;/q-1;;;+2. The van der Waals surface area contributed by atoms with Crippen molar-refractivity contribution in [2.75, 3.05) is 0 Å². The molecule has 2 unspecified atom stereocenters. The SMILES string of the molecule is CC1C(C)C(C)C(C)C1C.N=O.[CH2-]C(CCCC)CCC1C=CC=CC1.[W+2]. The Bertz CT molecular complexity index is 364. The Morgan fingerprint density at radius 3 is 1.78 bits per heavy atom. The van der Waals surface area contributed by atoms with Crippen LogP contribution in [0.5, 0.6) is 0 Å². The van der Waals surface area contributed by atoms with Gasteiger partial charge in [-0.05, 0) is 48.3 Å². The molecule has 0 aromatic carbocycles. The molecular formula is C24H44NOW+. The summed E-state index contributed by atoms with van der Waals surface area (Å²) in [6.45, 7) is 18.5. The Morgan fingerprint density at radius 2 is 1.41 bits per heavy atom. The number of unbranched alkanes of at least 4 members (excludes halogenated alkanes) is 1. The molecule has 0 saturated heterocycles. The first-order valence-electron chi connectivity index (χ1n) is 10.7. The van der Waals surface area contributed by atoms with Crippen molar-refractivity contribution in [2.45, 2.75) is 80.1 Å². The van der Waals surface area contributed by atoms with Gasteiger partial charge in [-0.25, -0.2) is 0 Å². The van der Waals surface area contributed by atoms with Crippen molar-refractivity contribution in [1.29, 1.82) is 5.59 Å². The van der Waals surface area contributed by atoms with E-state index in [9.17, 15) is 0 Å². The zero-order valence-electron chi connectivity index (χ0n) is 18.6. The van der Waals surface area contributed by atoms with Crippen LogP contribution in [0.15, 0.2) is 24.3 Å².